The first-order valence-corrected chi connectivity index (χ1v) is 2.98. The van der Waals surface area contributed by atoms with Gasteiger partial charge in [0.2, 0.25) is 0 Å². The molecule has 0 aromatic carbocycles. The zero-order chi connectivity index (χ0) is 6.69. The molecule has 1 heterocycles. The van der Waals surface area contributed by atoms with Crippen LogP contribution in [0.4, 0.5) is 0 Å². The van der Waals surface area contributed by atoms with Crippen molar-refractivity contribution < 1.29 is 4.84 Å². The van der Waals surface area contributed by atoms with Crippen LogP contribution in [0.15, 0.2) is 12.3 Å². The van der Waals surface area contributed by atoms with E-state index in [-0.39, 0.29) is 0 Å². The van der Waals surface area contributed by atoms with Crippen molar-refractivity contribution >= 4 is 0 Å². The lowest BCUT2D eigenvalue weighted by atomic mass is 10.5. The zero-order valence-electron chi connectivity index (χ0n) is 5.66. The predicted octanol–water partition coefficient (Wildman–Crippen LogP) is 0.640. The number of nitrogens with zero attached hydrogens (tertiary/aromatic N) is 2. The minimum atomic E-state index is 0.655. The summed E-state index contributed by atoms with van der Waals surface area (Å²) in [4.78, 5) is 6.60. The van der Waals surface area contributed by atoms with Crippen LogP contribution in [0.1, 0.15) is 12.6 Å². The van der Waals surface area contributed by atoms with Gasteiger partial charge in [0.05, 0.1) is 11.9 Å². The molecule has 0 saturated heterocycles. The average Bonchev–Trinajstić information content (AvgIpc) is 2.18. The van der Waals surface area contributed by atoms with E-state index in [1.807, 2.05) is 19.9 Å². The lowest BCUT2D eigenvalue weighted by Crippen LogP contribution is -2.13. The van der Waals surface area contributed by atoms with Crippen molar-refractivity contribution in [2.45, 2.75) is 13.8 Å². The van der Waals surface area contributed by atoms with Crippen molar-refractivity contribution in [2.75, 3.05) is 6.61 Å². The number of rotatable bonds is 2. The van der Waals surface area contributed by atoms with E-state index in [1.54, 1.807) is 6.20 Å². The molecule has 9 heavy (non-hydrogen) atoms. The summed E-state index contributed by atoms with van der Waals surface area (Å²) in [7, 11) is 0. The summed E-state index contributed by atoms with van der Waals surface area (Å²) in [6.07, 6.45) is 1.71. The first-order chi connectivity index (χ1) is 4.34. The second-order valence-corrected chi connectivity index (χ2v) is 1.76. The molecule has 1 aromatic rings. The van der Waals surface area contributed by atoms with E-state index in [2.05, 4.69) is 5.10 Å². The molecular weight excluding hydrogens is 116 g/mol. The van der Waals surface area contributed by atoms with E-state index < -0.39 is 0 Å². The highest BCUT2D eigenvalue weighted by molar-refractivity contribution is 4.94. The Labute approximate surface area is 54.2 Å². The molecule has 50 valence electrons. The van der Waals surface area contributed by atoms with Crippen LogP contribution in [0.5, 0.6) is 0 Å². The second-order valence-electron chi connectivity index (χ2n) is 1.76. The largest absolute Gasteiger partial charge is 0.397 e. The van der Waals surface area contributed by atoms with Gasteiger partial charge in [-0.3, -0.25) is 0 Å². The summed E-state index contributed by atoms with van der Waals surface area (Å²) in [5.41, 5.74) is 1.02. The van der Waals surface area contributed by atoms with E-state index in [0.717, 1.165) is 5.69 Å². The maximum absolute atomic E-state index is 5.08. The van der Waals surface area contributed by atoms with Gasteiger partial charge in [0.1, 0.15) is 6.61 Å². The molecule has 0 aliphatic heterocycles. The lowest BCUT2D eigenvalue weighted by Gasteiger charge is -2.01. The molecule has 0 spiro atoms. The molecule has 3 heteroatoms. The fourth-order valence-electron chi connectivity index (χ4n) is 0.614. The molecule has 0 aliphatic rings. The van der Waals surface area contributed by atoms with E-state index >= 15 is 0 Å². The molecule has 1 aromatic heterocycles. The summed E-state index contributed by atoms with van der Waals surface area (Å²) in [6.45, 7) is 4.53. The maximum Gasteiger partial charge on any atom is 0.114 e. The molecular formula is C6H10N2O. The SMILES string of the molecule is CCOn1nccc1C. The third-order valence-electron chi connectivity index (χ3n) is 1.04. The summed E-state index contributed by atoms with van der Waals surface area (Å²) in [5, 5.41) is 3.90. The zero-order valence-corrected chi connectivity index (χ0v) is 5.66. The Morgan fingerprint density at radius 2 is 2.56 bits per heavy atom. The van der Waals surface area contributed by atoms with Crippen molar-refractivity contribution in [3.8, 4) is 0 Å². The first kappa shape index (κ1) is 6.13. The average molecular weight is 126 g/mol. The van der Waals surface area contributed by atoms with Gasteiger partial charge in [-0.25, -0.2) is 0 Å². The van der Waals surface area contributed by atoms with Crippen molar-refractivity contribution in [3.05, 3.63) is 18.0 Å². The van der Waals surface area contributed by atoms with Gasteiger partial charge >= 0.3 is 0 Å². The Hall–Kier alpha value is -0.990. The van der Waals surface area contributed by atoms with Crippen molar-refractivity contribution in [1.29, 1.82) is 0 Å². The summed E-state index contributed by atoms with van der Waals surface area (Å²) < 4.78 is 0. The minimum absolute atomic E-state index is 0.655. The van der Waals surface area contributed by atoms with Gasteiger partial charge in [0.25, 0.3) is 0 Å². The maximum atomic E-state index is 5.08. The van der Waals surface area contributed by atoms with Crippen LogP contribution in [0, 0.1) is 6.92 Å². The smallest absolute Gasteiger partial charge is 0.114 e. The van der Waals surface area contributed by atoms with Gasteiger partial charge in [-0.05, 0) is 19.9 Å². The van der Waals surface area contributed by atoms with Gasteiger partial charge in [-0.15, -0.1) is 9.94 Å². The molecule has 0 saturated carbocycles. The van der Waals surface area contributed by atoms with Gasteiger partial charge in [0, 0.05) is 0 Å². The fourth-order valence-corrected chi connectivity index (χ4v) is 0.614. The van der Waals surface area contributed by atoms with E-state index in [4.69, 9.17) is 4.84 Å². The number of aryl methyl sites for hydroxylation is 1. The normalized spacial score (nSPS) is 9.56. The summed E-state index contributed by atoms with van der Waals surface area (Å²) in [5.74, 6) is 0. The molecule has 0 amide bonds. The third-order valence-corrected chi connectivity index (χ3v) is 1.04. The molecule has 0 aliphatic carbocycles. The van der Waals surface area contributed by atoms with Crippen LogP contribution >= 0.6 is 0 Å². The molecule has 0 unspecified atom stereocenters. The third kappa shape index (κ3) is 1.22. The molecule has 3 nitrogen and oxygen atoms in total. The highest BCUT2D eigenvalue weighted by atomic mass is 16.7. The van der Waals surface area contributed by atoms with Crippen LogP contribution in [0.3, 0.4) is 0 Å². The molecule has 0 fully saturated rings. The highest BCUT2D eigenvalue weighted by Gasteiger charge is 1.92. The van der Waals surface area contributed by atoms with Gasteiger partial charge < -0.3 is 4.84 Å². The van der Waals surface area contributed by atoms with E-state index in [0.29, 0.717) is 6.61 Å². The highest BCUT2D eigenvalue weighted by Crippen LogP contribution is 1.90. The Balaban J connectivity index is 2.69. The predicted molar refractivity (Wildman–Crippen MR) is 34.1 cm³/mol. The van der Waals surface area contributed by atoms with Crippen LogP contribution in [0.2, 0.25) is 0 Å². The number of hydrogen-bond donors (Lipinski definition) is 0. The van der Waals surface area contributed by atoms with Crippen molar-refractivity contribution in [1.82, 2.24) is 9.94 Å². The first-order valence-electron chi connectivity index (χ1n) is 2.98. The van der Waals surface area contributed by atoms with Gasteiger partial charge in [-0.2, -0.15) is 0 Å². The Morgan fingerprint density at radius 3 is 3.00 bits per heavy atom. The molecule has 1 rings (SSSR count). The van der Waals surface area contributed by atoms with E-state index in [9.17, 15) is 0 Å². The van der Waals surface area contributed by atoms with E-state index in [1.165, 1.54) is 4.85 Å². The van der Waals surface area contributed by atoms with Crippen LogP contribution in [-0.2, 0) is 0 Å². The fraction of sp³-hybridized carbons (Fsp3) is 0.500. The Kier molecular flexibility index (Phi) is 1.72. The minimum Gasteiger partial charge on any atom is -0.397 e. The molecule has 0 radical (unpaired) electrons. The van der Waals surface area contributed by atoms with Gasteiger partial charge in [-0.1, -0.05) is 0 Å². The van der Waals surface area contributed by atoms with Gasteiger partial charge in [0.15, 0.2) is 0 Å². The molecule has 0 atom stereocenters. The molecule has 0 bridgehead atoms. The van der Waals surface area contributed by atoms with Crippen molar-refractivity contribution in [2.24, 2.45) is 0 Å². The van der Waals surface area contributed by atoms with Crippen LogP contribution < -0.4 is 4.84 Å². The topological polar surface area (TPSA) is 27.1 Å². The Morgan fingerprint density at radius 1 is 1.78 bits per heavy atom. The number of hydrogen-bond acceptors (Lipinski definition) is 2. The molecule has 0 N–H and O–H groups in total. The summed E-state index contributed by atoms with van der Waals surface area (Å²) >= 11 is 0. The van der Waals surface area contributed by atoms with Crippen molar-refractivity contribution in [3.63, 3.8) is 0 Å². The van der Waals surface area contributed by atoms with Crippen LogP contribution in [-0.4, -0.2) is 16.6 Å². The van der Waals surface area contributed by atoms with Crippen LogP contribution in [0.25, 0.3) is 0 Å². The second kappa shape index (κ2) is 2.53. The lowest BCUT2D eigenvalue weighted by molar-refractivity contribution is 0.0881. The number of aromatic nitrogens is 2. The quantitative estimate of drug-likeness (QED) is 0.581. The monoisotopic (exact) mass is 126 g/mol. The summed E-state index contributed by atoms with van der Waals surface area (Å²) in [6, 6.07) is 1.90. The standard InChI is InChI=1S/C6H10N2O/c1-3-9-8-6(2)4-5-7-8/h4-5H,3H2,1-2H3. The Bertz CT molecular complexity index is 183.